The molecule has 4 aromatic carbocycles. The predicted octanol–water partition coefficient (Wildman–Crippen LogP) is 7.71. The van der Waals surface area contributed by atoms with Crippen molar-refractivity contribution in [3.8, 4) is 0 Å². The Labute approximate surface area is 612 Å². The minimum atomic E-state index is -1.56. The zero-order chi connectivity index (χ0) is 77.0. The van der Waals surface area contributed by atoms with Crippen molar-refractivity contribution in [2.45, 2.75) is 226 Å². The van der Waals surface area contributed by atoms with Crippen molar-refractivity contribution in [3.05, 3.63) is 180 Å². The lowest BCUT2D eigenvalue weighted by atomic mass is 9.77. The molecule has 0 fully saturated rings. The Morgan fingerprint density at radius 3 is 1.26 bits per heavy atom. The summed E-state index contributed by atoms with van der Waals surface area (Å²) in [6.07, 6.45) is 3.64. The quantitative estimate of drug-likeness (QED) is 0.0142. The number of amides is 8. The average molecular weight is 1440 g/mol. The van der Waals surface area contributed by atoms with Gasteiger partial charge in [-0.05, 0) is 116 Å². The summed E-state index contributed by atoms with van der Waals surface area (Å²) in [6.45, 7) is 29.3. The molecule has 0 radical (unpaired) electrons. The van der Waals surface area contributed by atoms with Gasteiger partial charge in [-0.1, -0.05) is 169 Å². The fourth-order valence-electron chi connectivity index (χ4n) is 12.2. The maximum Gasteiger partial charge on any atom is 0.408 e. The van der Waals surface area contributed by atoms with E-state index in [9.17, 15) is 24.0 Å². The minimum Gasteiger partial charge on any atom is -0.467 e. The lowest BCUT2D eigenvalue weighted by Crippen LogP contribution is -2.63. The first kappa shape index (κ1) is 83.2. The third-order valence-corrected chi connectivity index (χ3v) is 17.5. The van der Waals surface area contributed by atoms with E-state index in [1.807, 2.05) is 102 Å². The molecule has 25 nitrogen and oxygen atoms in total. The molecule has 0 saturated carbocycles. The van der Waals surface area contributed by atoms with Gasteiger partial charge in [0.25, 0.3) is 0 Å². The van der Waals surface area contributed by atoms with E-state index in [2.05, 4.69) is 47.5 Å². The van der Waals surface area contributed by atoms with Gasteiger partial charge in [0.1, 0.15) is 59.5 Å². The van der Waals surface area contributed by atoms with Crippen LogP contribution >= 0.6 is 0 Å². The van der Waals surface area contributed by atoms with Crippen LogP contribution in [0.5, 0.6) is 0 Å². The van der Waals surface area contributed by atoms with Gasteiger partial charge in [-0.25, -0.2) is 19.6 Å². The van der Waals surface area contributed by atoms with Crippen LogP contribution in [0.25, 0.3) is 0 Å². The smallest absolute Gasteiger partial charge is 0.408 e. The van der Waals surface area contributed by atoms with E-state index in [1.165, 1.54) is 7.11 Å². The number of carbonyl (C=O) groups excluding carboxylic acids is 9. The van der Waals surface area contributed by atoms with Crippen LogP contribution in [-0.4, -0.2) is 157 Å². The fourth-order valence-corrected chi connectivity index (χ4v) is 12.2. The van der Waals surface area contributed by atoms with Gasteiger partial charge in [-0.2, -0.15) is 0 Å². The zero-order valence-corrected chi connectivity index (χ0v) is 63.8. The fraction of sp³-hybridized carbons (Fsp3) is 0.506. The number of hydrogen-bond donors (Lipinski definition) is 8. The molecule has 0 aliphatic heterocycles. The Hall–Kier alpha value is -9.75. The van der Waals surface area contributed by atoms with Crippen molar-refractivity contribution in [3.63, 3.8) is 0 Å². The molecule has 8 N–H and O–H groups in total. The van der Waals surface area contributed by atoms with Gasteiger partial charge in [-0.3, -0.25) is 33.6 Å². The summed E-state index contributed by atoms with van der Waals surface area (Å²) in [5.41, 5.74) is 0.499. The lowest BCUT2D eigenvalue weighted by Gasteiger charge is -2.37. The summed E-state index contributed by atoms with van der Waals surface area (Å²) >= 11 is 0. The van der Waals surface area contributed by atoms with Crippen molar-refractivity contribution >= 4 is 53.4 Å². The van der Waals surface area contributed by atoms with Gasteiger partial charge in [0, 0.05) is 44.4 Å². The van der Waals surface area contributed by atoms with E-state index < -0.39 is 148 Å². The normalized spacial score (nSPS) is 15.2. The molecule has 6 aromatic rings. The second kappa shape index (κ2) is 37.1. The number of nitrogens with zero attached hydrogens (tertiary/aromatic N) is 4. The number of ether oxygens (including phenoxy) is 4. The molecule has 2 heterocycles. The number of methoxy groups -OCH3 is 1. The highest BCUT2D eigenvalue weighted by Crippen LogP contribution is 2.41. The van der Waals surface area contributed by atoms with Crippen LogP contribution in [0, 0.1) is 17.8 Å². The molecule has 0 aliphatic rings. The molecule has 2 aromatic heterocycles. The zero-order valence-electron chi connectivity index (χ0n) is 63.8. The monoisotopic (exact) mass is 1430 g/mol. The van der Waals surface area contributed by atoms with Crippen LogP contribution in [0.1, 0.15) is 158 Å². The number of aryl methyl sites for hydroxylation is 1. The van der Waals surface area contributed by atoms with E-state index in [0.717, 1.165) is 16.7 Å². The average Bonchev–Trinajstić information content (AvgIpc) is 1.28. The number of rotatable bonds is 34. The number of carbonyl (C=O) groups is 9. The molecule has 104 heavy (non-hydrogen) atoms. The molecule has 11 atom stereocenters. The Bertz CT molecular complexity index is 3710. The van der Waals surface area contributed by atoms with Gasteiger partial charge in [0.05, 0.1) is 48.9 Å². The summed E-state index contributed by atoms with van der Waals surface area (Å²) in [5, 5.41) is 22.6. The number of nitrogens with one attached hydrogen (secondary N) is 8. The number of alkyl carbamates (subject to hydrolysis) is 1. The van der Waals surface area contributed by atoms with Crippen molar-refractivity contribution in [2.75, 3.05) is 7.11 Å². The predicted molar refractivity (Wildman–Crippen MR) is 396 cm³/mol. The molecule has 0 spiro atoms. The lowest BCUT2D eigenvalue weighted by molar-refractivity contribution is -0.149. The first-order chi connectivity index (χ1) is 48.8. The third-order valence-electron chi connectivity index (χ3n) is 17.5. The van der Waals surface area contributed by atoms with Crippen molar-refractivity contribution in [1.82, 2.24) is 61.6 Å². The number of aromatic nitrogens is 4. The van der Waals surface area contributed by atoms with E-state index in [4.69, 9.17) is 23.9 Å². The van der Waals surface area contributed by atoms with Crippen LogP contribution < -0.4 is 42.5 Å². The molecule has 8 amide bonds. The van der Waals surface area contributed by atoms with Crippen molar-refractivity contribution in [2.24, 2.45) is 24.8 Å². The Morgan fingerprint density at radius 2 is 0.837 bits per heavy atom. The molecule has 25 heteroatoms. The van der Waals surface area contributed by atoms with E-state index in [0.29, 0.717) is 23.4 Å². The van der Waals surface area contributed by atoms with Gasteiger partial charge in [0.15, 0.2) is 0 Å². The van der Waals surface area contributed by atoms with Crippen molar-refractivity contribution in [1.29, 1.82) is 0 Å². The van der Waals surface area contributed by atoms with Crippen LogP contribution in [0.2, 0.25) is 0 Å². The highest BCUT2D eigenvalue weighted by molar-refractivity contribution is 5.98. The third kappa shape index (κ3) is 23.6. The largest absolute Gasteiger partial charge is 0.467 e. The van der Waals surface area contributed by atoms with Crippen molar-refractivity contribution < 1.29 is 62.1 Å². The summed E-state index contributed by atoms with van der Waals surface area (Å²) < 4.78 is 26.8. The SMILES string of the molecule is CCC(C)[C@H](NC(=O)[C@@H](NC(=O)[C@H](NC(=O)[C@@H](Cc1ccccc1)NC(=O)[C@H](Cc1cn(C(c2ccccc2)(c2ccccc2)c2ccccc2)cn1)NC(=O)[C@H](NC(=O)[C@@H](NC(=O)[C@H](Cc1cncn1C)NC(=O)OC(C)(C)C)C(C)OC(C)(C)C)C(C)C)C(C)C)C(C)OC(C)(C)C)C(=O)OC. The Kier molecular flexibility index (Phi) is 29.7. The number of esters is 1. The molecule has 0 saturated heterocycles. The van der Waals surface area contributed by atoms with E-state index >= 15 is 19.2 Å². The molecule has 0 aliphatic carbocycles. The molecule has 0 bridgehead atoms. The van der Waals surface area contributed by atoms with Crippen LogP contribution in [0.3, 0.4) is 0 Å². The summed E-state index contributed by atoms with van der Waals surface area (Å²) in [7, 11) is 2.94. The molecule has 6 rings (SSSR count). The van der Waals surface area contributed by atoms with Crippen LogP contribution in [-0.2, 0) is 89.2 Å². The van der Waals surface area contributed by atoms with Crippen LogP contribution in [0.4, 0.5) is 4.79 Å². The van der Waals surface area contributed by atoms with Gasteiger partial charge < -0.3 is 70.6 Å². The topological polar surface area (TPSA) is 322 Å². The summed E-state index contributed by atoms with van der Waals surface area (Å²) in [5.74, 6) is -7.98. The molecule has 564 valence electrons. The van der Waals surface area contributed by atoms with E-state index in [-0.39, 0.29) is 25.2 Å². The maximum absolute atomic E-state index is 15.8. The van der Waals surface area contributed by atoms with Crippen LogP contribution in [0.15, 0.2) is 146 Å². The molecular formula is C79H110N12O13. The standard InChI is InChI=1S/C79H110N12O13/c1-20-50(6)64(74(99)101-19)87-73(98)66(52(8)103-77(12,13)14)89-71(96)63(49(4)5)85-68(93)59(41-53-33-25-21-26-34-53)82-67(92)60(42-57-45-91(47-81-57)79(54-35-27-22-28-36-54,55-37-29-23-30-38-55)56-39-31-24-32-40-56)83-70(95)62(48(2)3)86-72(97)65(51(7)102-76(9,10)11)88-69(94)61(43-58-44-80-46-90(58)18)84-75(100)104-78(15,16)17/h21-40,44-52,59-66H,20,41-43H2,1-19H3,(H,82,92)(H,83,95)(H,84,100)(H,85,93)(H,86,97)(H,87,98)(H,88,94)(H,89,96)/t50?,51?,52?,59-,60+,61+,62-,63-,64+,65+,66+/m1/s1. The molecule has 3 unspecified atom stereocenters. The summed E-state index contributed by atoms with van der Waals surface area (Å²) in [6, 6.07) is 27.4. The second-order valence-corrected chi connectivity index (χ2v) is 30.2. The van der Waals surface area contributed by atoms with Gasteiger partial charge in [0.2, 0.25) is 41.4 Å². The number of imidazole rings is 2. The first-order valence-electron chi connectivity index (χ1n) is 35.6. The number of hydrogen-bond acceptors (Lipinski definition) is 15. The summed E-state index contributed by atoms with van der Waals surface area (Å²) in [4.78, 5) is 141. The van der Waals surface area contributed by atoms with E-state index in [1.54, 1.807) is 178 Å². The Balaban J connectivity index is 1.43. The highest BCUT2D eigenvalue weighted by atomic mass is 16.6. The highest BCUT2D eigenvalue weighted by Gasteiger charge is 2.43. The molecular weight excluding hydrogens is 1320 g/mol. The van der Waals surface area contributed by atoms with Gasteiger partial charge in [-0.15, -0.1) is 0 Å². The Morgan fingerprint density at radius 1 is 0.452 bits per heavy atom. The number of benzene rings is 4. The maximum atomic E-state index is 15.8. The second-order valence-electron chi connectivity index (χ2n) is 30.2. The van der Waals surface area contributed by atoms with Gasteiger partial charge >= 0.3 is 12.1 Å². The first-order valence-corrected chi connectivity index (χ1v) is 35.6. The minimum absolute atomic E-state index is 0.0656.